The van der Waals surface area contributed by atoms with Crippen LogP contribution in [0.15, 0.2) is 18.2 Å². The Morgan fingerprint density at radius 1 is 1.27 bits per heavy atom. The molecule has 0 atom stereocenters. The second-order valence-corrected chi connectivity index (χ2v) is 2.49. The van der Waals surface area contributed by atoms with Crippen LogP contribution in [0, 0.1) is 32.7 Å². The van der Waals surface area contributed by atoms with Gasteiger partial charge in [-0.05, 0) is 6.07 Å². The summed E-state index contributed by atoms with van der Waals surface area (Å²) in [4.78, 5) is 19.5. The summed E-state index contributed by atoms with van der Waals surface area (Å²) in [6.07, 6.45) is 4.91. The van der Waals surface area contributed by atoms with E-state index in [-0.39, 0.29) is 11.4 Å². The maximum atomic E-state index is 10.5. The van der Waals surface area contributed by atoms with Crippen LogP contribution >= 0.6 is 0 Å². The van der Waals surface area contributed by atoms with E-state index in [9.17, 15) is 20.2 Å². The first-order chi connectivity index (χ1) is 7.06. The van der Waals surface area contributed by atoms with Gasteiger partial charge < -0.3 is 5.32 Å². The lowest BCUT2D eigenvalue weighted by atomic mass is 10.2. The van der Waals surface area contributed by atoms with Crippen LogP contribution in [-0.4, -0.2) is 9.85 Å². The Morgan fingerprint density at radius 2 is 1.93 bits per heavy atom. The molecule has 7 heteroatoms. The fraction of sp³-hybridized carbons (Fsp3) is 0. The van der Waals surface area contributed by atoms with Crippen LogP contribution in [0.4, 0.5) is 17.1 Å². The van der Waals surface area contributed by atoms with Crippen molar-refractivity contribution in [3.8, 4) is 12.5 Å². The summed E-state index contributed by atoms with van der Waals surface area (Å²) >= 11 is 0. The molecule has 0 spiro atoms. The Bertz CT molecular complexity index is 463. The lowest BCUT2D eigenvalue weighted by Gasteiger charge is -1.99. The number of anilines is 1. The van der Waals surface area contributed by atoms with Crippen molar-refractivity contribution >= 4 is 17.1 Å². The van der Waals surface area contributed by atoms with Crippen molar-refractivity contribution in [1.82, 2.24) is 0 Å². The fourth-order valence-corrected chi connectivity index (χ4v) is 0.968. The summed E-state index contributed by atoms with van der Waals surface area (Å²) in [5.41, 5.74) is -0.737. The first-order valence-electron chi connectivity index (χ1n) is 3.70. The van der Waals surface area contributed by atoms with Gasteiger partial charge >= 0.3 is 0 Å². The van der Waals surface area contributed by atoms with Gasteiger partial charge in [-0.1, -0.05) is 6.42 Å². The second-order valence-electron chi connectivity index (χ2n) is 2.49. The smallest absolute Gasteiger partial charge is 0.300 e. The average Bonchev–Trinajstić information content (AvgIpc) is 2.18. The largest absolute Gasteiger partial charge is 0.309 e. The van der Waals surface area contributed by atoms with Crippen LogP contribution in [0.3, 0.4) is 0 Å². The molecule has 0 saturated heterocycles. The van der Waals surface area contributed by atoms with Gasteiger partial charge in [0.1, 0.15) is 5.69 Å². The molecule has 0 aliphatic rings. The summed E-state index contributed by atoms with van der Waals surface area (Å²) in [5.74, 6) is 0. The van der Waals surface area contributed by atoms with Crippen LogP contribution in [0.1, 0.15) is 0 Å². The number of nitrogens with zero attached hydrogens (tertiary/aromatic N) is 2. The summed E-state index contributed by atoms with van der Waals surface area (Å²) in [5, 5.41) is 23.2. The molecule has 0 radical (unpaired) electrons. The van der Waals surface area contributed by atoms with Gasteiger partial charge in [-0.2, -0.15) is 0 Å². The Hall–Kier alpha value is -2.62. The fourth-order valence-electron chi connectivity index (χ4n) is 0.968. The summed E-state index contributed by atoms with van der Waals surface area (Å²) in [6.45, 7) is 0. The first-order valence-corrected chi connectivity index (χ1v) is 3.70. The highest BCUT2D eigenvalue weighted by atomic mass is 16.6. The van der Waals surface area contributed by atoms with Crippen molar-refractivity contribution in [1.29, 1.82) is 0 Å². The molecular formula is C8H5N3O4. The highest BCUT2D eigenvalue weighted by Crippen LogP contribution is 2.28. The zero-order valence-corrected chi connectivity index (χ0v) is 7.34. The molecule has 1 N–H and O–H groups in total. The molecule has 76 valence electrons. The van der Waals surface area contributed by atoms with E-state index in [4.69, 9.17) is 6.42 Å². The Balaban J connectivity index is 3.28. The zero-order chi connectivity index (χ0) is 11.4. The SMILES string of the molecule is C#CNc1ccc([N+](=O)[O-])cc1[N+](=O)[O-]. The number of nitrogens with one attached hydrogen (secondary N) is 1. The molecule has 0 aromatic heterocycles. The third-order valence-corrected chi connectivity index (χ3v) is 1.60. The molecule has 0 heterocycles. The minimum atomic E-state index is -0.743. The Labute approximate surface area is 84.0 Å². The number of terminal acetylenes is 1. The molecule has 0 aliphatic carbocycles. The van der Waals surface area contributed by atoms with Gasteiger partial charge in [-0.15, -0.1) is 0 Å². The van der Waals surface area contributed by atoms with Crippen LogP contribution in [0.5, 0.6) is 0 Å². The number of hydrogen-bond acceptors (Lipinski definition) is 5. The lowest BCUT2D eigenvalue weighted by molar-refractivity contribution is -0.393. The topological polar surface area (TPSA) is 98.3 Å². The van der Waals surface area contributed by atoms with Gasteiger partial charge in [0.25, 0.3) is 11.4 Å². The second kappa shape index (κ2) is 4.06. The molecule has 7 nitrogen and oxygen atoms in total. The van der Waals surface area contributed by atoms with Gasteiger partial charge in [0.15, 0.2) is 0 Å². The highest BCUT2D eigenvalue weighted by molar-refractivity contribution is 5.67. The number of hydrogen-bond donors (Lipinski definition) is 1. The van der Waals surface area contributed by atoms with E-state index in [1.165, 1.54) is 6.07 Å². The van der Waals surface area contributed by atoms with Crippen molar-refractivity contribution < 1.29 is 9.85 Å². The molecular weight excluding hydrogens is 202 g/mol. The maximum absolute atomic E-state index is 10.5. The summed E-state index contributed by atoms with van der Waals surface area (Å²) in [7, 11) is 0. The predicted octanol–water partition coefficient (Wildman–Crippen LogP) is 1.51. The number of non-ortho nitro benzene ring substituents is 1. The first kappa shape index (κ1) is 10.5. The molecule has 1 aromatic carbocycles. The molecule has 0 amide bonds. The lowest BCUT2D eigenvalue weighted by Crippen LogP contribution is -1.97. The monoisotopic (exact) mass is 207 g/mol. The molecule has 0 aliphatic heterocycles. The van der Waals surface area contributed by atoms with Gasteiger partial charge in [0.2, 0.25) is 0 Å². The van der Waals surface area contributed by atoms with Crippen molar-refractivity contribution in [3.05, 3.63) is 38.4 Å². The van der Waals surface area contributed by atoms with Gasteiger partial charge in [-0.3, -0.25) is 20.2 Å². The van der Waals surface area contributed by atoms with E-state index in [2.05, 4.69) is 5.32 Å². The molecule has 0 unspecified atom stereocenters. The molecule has 1 rings (SSSR count). The van der Waals surface area contributed by atoms with Crippen molar-refractivity contribution in [2.45, 2.75) is 0 Å². The summed E-state index contributed by atoms with van der Waals surface area (Å²) < 4.78 is 0. The van der Waals surface area contributed by atoms with E-state index in [0.29, 0.717) is 0 Å². The van der Waals surface area contributed by atoms with Crippen LogP contribution in [0.2, 0.25) is 0 Å². The zero-order valence-electron chi connectivity index (χ0n) is 7.34. The third kappa shape index (κ3) is 2.19. The molecule has 0 fully saturated rings. The van der Waals surface area contributed by atoms with Crippen LogP contribution in [0.25, 0.3) is 0 Å². The number of benzene rings is 1. The maximum Gasteiger partial charge on any atom is 0.300 e. The van der Waals surface area contributed by atoms with E-state index in [0.717, 1.165) is 12.1 Å². The standard InChI is InChI=1S/C8H5N3O4/c1-2-9-7-4-3-6(10(12)13)5-8(7)11(14)15/h1,3-5,9H. The van der Waals surface area contributed by atoms with Crippen molar-refractivity contribution in [2.24, 2.45) is 0 Å². The number of nitro benzene ring substituents is 2. The Kier molecular flexibility index (Phi) is 2.83. The quantitative estimate of drug-likeness (QED) is 0.350. The highest BCUT2D eigenvalue weighted by Gasteiger charge is 2.18. The van der Waals surface area contributed by atoms with E-state index >= 15 is 0 Å². The van der Waals surface area contributed by atoms with Crippen molar-refractivity contribution in [2.75, 3.05) is 5.32 Å². The molecule has 0 saturated carbocycles. The van der Waals surface area contributed by atoms with Gasteiger partial charge in [0, 0.05) is 12.1 Å². The molecule has 1 aromatic rings. The van der Waals surface area contributed by atoms with Gasteiger partial charge in [-0.25, -0.2) is 0 Å². The van der Waals surface area contributed by atoms with E-state index in [1.54, 1.807) is 0 Å². The average molecular weight is 207 g/mol. The van der Waals surface area contributed by atoms with E-state index < -0.39 is 15.5 Å². The van der Waals surface area contributed by atoms with Crippen LogP contribution < -0.4 is 5.32 Å². The minimum absolute atomic E-state index is 0.0492. The summed E-state index contributed by atoms with van der Waals surface area (Å²) in [6, 6.07) is 5.17. The van der Waals surface area contributed by atoms with E-state index in [1.807, 2.05) is 6.04 Å². The minimum Gasteiger partial charge on any atom is -0.309 e. The molecule has 15 heavy (non-hydrogen) atoms. The van der Waals surface area contributed by atoms with Crippen molar-refractivity contribution in [3.63, 3.8) is 0 Å². The number of rotatable bonds is 3. The third-order valence-electron chi connectivity index (χ3n) is 1.60. The normalized spacial score (nSPS) is 9.00. The number of nitro groups is 2. The predicted molar refractivity (Wildman–Crippen MR) is 52.2 cm³/mol. The van der Waals surface area contributed by atoms with Gasteiger partial charge in [0.05, 0.1) is 15.9 Å². The Morgan fingerprint density at radius 3 is 2.40 bits per heavy atom. The van der Waals surface area contributed by atoms with Crippen LogP contribution in [-0.2, 0) is 0 Å². The molecule has 0 bridgehead atoms.